The Bertz CT molecular complexity index is 622. The predicted molar refractivity (Wildman–Crippen MR) is 78.1 cm³/mol. The summed E-state index contributed by atoms with van der Waals surface area (Å²) in [5.41, 5.74) is 2.04. The van der Waals surface area contributed by atoms with Crippen LogP contribution in [0.1, 0.15) is 30.9 Å². The summed E-state index contributed by atoms with van der Waals surface area (Å²) in [4.78, 5) is 12.0. The molecule has 20 heavy (non-hydrogen) atoms. The van der Waals surface area contributed by atoms with Crippen LogP contribution < -0.4 is 0 Å². The smallest absolute Gasteiger partial charge is 0.243 e. The van der Waals surface area contributed by atoms with Gasteiger partial charge < -0.3 is 0 Å². The van der Waals surface area contributed by atoms with Gasteiger partial charge in [-0.05, 0) is 43.5 Å². The largest absolute Gasteiger partial charge is 0.299 e. The fraction of sp³-hybridized carbons (Fsp3) is 0.533. The molecule has 1 heterocycles. The highest BCUT2D eigenvalue weighted by Gasteiger charge is 2.33. The number of Topliss-reactive ketones (excluding diaryl/α,β-unsaturated/α-hetero) is 1. The molecule has 0 aromatic heterocycles. The average molecular weight is 295 g/mol. The first kappa shape index (κ1) is 15.2. The van der Waals surface area contributed by atoms with E-state index in [1.165, 1.54) is 4.31 Å². The van der Waals surface area contributed by atoms with Crippen molar-refractivity contribution in [3.05, 3.63) is 29.3 Å². The number of sulfonamides is 1. The molecule has 0 radical (unpaired) electrons. The highest BCUT2D eigenvalue weighted by atomic mass is 32.2. The summed E-state index contributed by atoms with van der Waals surface area (Å²) in [6, 6.07) is 5.19. The second-order valence-corrected chi connectivity index (χ2v) is 7.37. The molecule has 1 aliphatic heterocycles. The van der Waals surface area contributed by atoms with Crippen LogP contribution in [0.4, 0.5) is 0 Å². The minimum absolute atomic E-state index is 0.162. The summed E-state index contributed by atoms with van der Waals surface area (Å²) >= 11 is 0. The Hall–Kier alpha value is -1.20. The third kappa shape index (κ3) is 2.79. The van der Waals surface area contributed by atoms with Crippen molar-refractivity contribution in [3.63, 3.8) is 0 Å². The van der Waals surface area contributed by atoms with Crippen LogP contribution in [0.15, 0.2) is 23.1 Å². The lowest BCUT2D eigenvalue weighted by Gasteiger charge is -2.30. The van der Waals surface area contributed by atoms with Crippen molar-refractivity contribution in [1.82, 2.24) is 4.31 Å². The Morgan fingerprint density at radius 3 is 2.55 bits per heavy atom. The van der Waals surface area contributed by atoms with Crippen molar-refractivity contribution in [2.45, 2.75) is 38.5 Å². The first-order valence-electron chi connectivity index (χ1n) is 6.96. The number of carbonyl (C=O) groups is 1. The van der Waals surface area contributed by atoms with Crippen LogP contribution in [0.2, 0.25) is 0 Å². The van der Waals surface area contributed by atoms with Gasteiger partial charge in [-0.25, -0.2) is 8.42 Å². The molecule has 1 fully saturated rings. The fourth-order valence-corrected chi connectivity index (χ4v) is 4.05. The van der Waals surface area contributed by atoms with E-state index < -0.39 is 10.0 Å². The van der Waals surface area contributed by atoms with Crippen LogP contribution in [0.5, 0.6) is 0 Å². The van der Waals surface area contributed by atoms with E-state index in [-0.39, 0.29) is 11.7 Å². The van der Waals surface area contributed by atoms with Crippen molar-refractivity contribution in [2.75, 3.05) is 13.1 Å². The van der Waals surface area contributed by atoms with Crippen molar-refractivity contribution in [3.8, 4) is 0 Å². The molecular weight excluding hydrogens is 274 g/mol. The van der Waals surface area contributed by atoms with Gasteiger partial charge in [0.05, 0.1) is 4.90 Å². The molecule has 0 bridgehead atoms. The number of aryl methyl sites for hydroxylation is 2. The van der Waals surface area contributed by atoms with Gasteiger partial charge in [-0.15, -0.1) is 0 Å². The third-order valence-corrected chi connectivity index (χ3v) is 5.96. The molecule has 1 atom stereocenters. The average Bonchev–Trinajstić information content (AvgIpc) is 2.42. The number of nitrogens with zero attached hydrogens (tertiary/aromatic N) is 1. The second kappa shape index (κ2) is 5.66. The van der Waals surface area contributed by atoms with Crippen molar-refractivity contribution in [1.29, 1.82) is 0 Å². The lowest BCUT2D eigenvalue weighted by molar-refractivity contribution is -0.125. The van der Waals surface area contributed by atoms with E-state index >= 15 is 0 Å². The first-order chi connectivity index (χ1) is 9.36. The number of benzene rings is 1. The van der Waals surface area contributed by atoms with Crippen molar-refractivity contribution in [2.24, 2.45) is 5.92 Å². The molecule has 1 unspecified atom stereocenters. The molecule has 110 valence electrons. The van der Waals surface area contributed by atoms with Crippen LogP contribution in [0, 0.1) is 19.8 Å². The lowest BCUT2D eigenvalue weighted by Crippen LogP contribution is -2.43. The summed E-state index contributed by atoms with van der Waals surface area (Å²) in [6.45, 7) is 6.39. The fourth-order valence-electron chi connectivity index (χ4n) is 2.48. The van der Waals surface area contributed by atoms with E-state index in [1.807, 2.05) is 26.8 Å². The van der Waals surface area contributed by atoms with Crippen LogP contribution in [-0.4, -0.2) is 31.6 Å². The summed E-state index contributed by atoms with van der Waals surface area (Å²) in [5.74, 6) is 0.0177. The van der Waals surface area contributed by atoms with Gasteiger partial charge in [0.2, 0.25) is 10.0 Å². The van der Waals surface area contributed by atoms with E-state index in [0.29, 0.717) is 30.8 Å². The minimum Gasteiger partial charge on any atom is -0.299 e. The molecule has 0 spiro atoms. The minimum atomic E-state index is -3.49. The van der Waals surface area contributed by atoms with Gasteiger partial charge in [0.15, 0.2) is 0 Å². The maximum absolute atomic E-state index is 12.6. The van der Waals surface area contributed by atoms with Crippen molar-refractivity contribution < 1.29 is 13.2 Å². The highest BCUT2D eigenvalue weighted by molar-refractivity contribution is 7.89. The number of rotatable bonds is 3. The van der Waals surface area contributed by atoms with Gasteiger partial charge in [0, 0.05) is 25.4 Å². The Morgan fingerprint density at radius 2 is 1.95 bits per heavy atom. The topological polar surface area (TPSA) is 54.5 Å². The maximum atomic E-state index is 12.6. The highest BCUT2D eigenvalue weighted by Crippen LogP contribution is 2.24. The molecule has 1 aromatic rings. The Morgan fingerprint density at radius 1 is 1.25 bits per heavy atom. The first-order valence-corrected chi connectivity index (χ1v) is 8.40. The summed E-state index contributed by atoms with van der Waals surface area (Å²) < 4.78 is 26.7. The number of piperidine rings is 1. The quantitative estimate of drug-likeness (QED) is 0.859. The van der Waals surface area contributed by atoms with E-state index in [2.05, 4.69) is 0 Å². The van der Waals surface area contributed by atoms with Gasteiger partial charge in [0.25, 0.3) is 0 Å². The van der Waals surface area contributed by atoms with Gasteiger partial charge in [-0.2, -0.15) is 4.31 Å². The van der Waals surface area contributed by atoms with E-state index in [1.54, 1.807) is 12.1 Å². The van der Waals surface area contributed by atoms with Crippen LogP contribution in [0.3, 0.4) is 0 Å². The van der Waals surface area contributed by atoms with E-state index in [0.717, 1.165) is 11.1 Å². The molecule has 2 rings (SSSR count). The molecular formula is C15H21NO3S. The third-order valence-electron chi connectivity index (χ3n) is 4.10. The summed E-state index contributed by atoms with van der Waals surface area (Å²) in [7, 11) is -3.49. The summed E-state index contributed by atoms with van der Waals surface area (Å²) in [6.07, 6.45) is 1.01. The number of hydrogen-bond acceptors (Lipinski definition) is 3. The maximum Gasteiger partial charge on any atom is 0.243 e. The van der Waals surface area contributed by atoms with Crippen LogP contribution in [-0.2, 0) is 14.8 Å². The molecule has 0 aliphatic carbocycles. The zero-order chi connectivity index (χ0) is 14.9. The number of hydrogen-bond donors (Lipinski definition) is 0. The molecule has 0 N–H and O–H groups in total. The Labute approximate surface area is 120 Å². The predicted octanol–water partition coefficient (Wildman–Crippen LogP) is 2.29. The van der Waals surface area contributed by atoms with Crippen LogP contribution in [0.25, 0.3) is 0 Å². The van der Waals surface area contributed by atoms with Gasteiger partial charge >= 0.3 is 0 Å². The number of ketones is 1. The molecule has 4 nitrogen and oxygen atoms in total. The molecule has 1 aromatic carbocycles. The zero-order valence-corrected chi connectivity index (χ0v) is 13.0. The molecule has 1 saturated heterocycles. The monoisotopic (exact) mass is 295 g/mol. The van der Waals surface area contributed by atoms with E-state index in [9.17, 15) is 13.2 Å². The SMILES string of the molecule is CCC1CN(S(=O)(=O)c2ccc(C)c(C)c2)CCC1=O. The van der Waals surface area contributed by atoms with Gasteiger partial charge in [-0.1, -0.05) is 13.0 Å². The zero-order valence-electron chi connectivity index (χ0n) is 12.2. The lowest BCUT2D eigenvalue weighted by atomic mass is 9.96. The van der Waals surface area contributed by atoms with E-state index in [4.69, 9.17) is 0 Å². The summed E-state index contributed by atoms with van der Waals surface area (Å²) in [5, 5.41) is 0. The van der Waals surface area contributed by atoms with Crippen molar-refractivity contribution >= 4 is 15.8 Å². The molecule has 5 heteroatoms. The molecule has 0 saturated carbocycles. The Kier molecular flexibility index (Phi) is 4.30. The standard InChI is InChI=1S/C15H21NO3S/c1-4-13-10-16(8-7-15(13)17)20(18,19)14-6-5-11(2)12(3)9-14/h5-6,9,13H,4,7-8,10H2,1-3H3. The van der Waals surface area contributed by atoms with Gasteiger partial charge in [0.1, 0.15) is 5.78 Å². The normalized spacial score (nSPS) is 21.1. The molecule has 0 amide bonds. The van der Waals surface area contributed by atoms with Crippen LogP contribution >= 0.6 is 0 Å². The van der Waals surface area contributed by atoms with Gasteiger partial charge in [-0.3, -0.25) is 4.79 Å². The Balaban J connectivity index is 2.30. The second-order valence-electron chi connectivity index (χ2n) is 5.43. The number of carbonyl (C=O) groups excluding carboxylic acids is 1. The molecule has 1 aliphatic rings.